The molecule has 0 aliphatic carbocycles. The summed E-state index contributed by atoms with van der Waals surface area (Å²) >= 11 is 0. The van der Waals surface area contributed by atoms with E-state index in [2.05, 4.69) is 15.4 Å². The lowest BCUT2D eigenvalue weighted by Crippen LogP contribution is -2.14. The molecule has 1 amide bonds. The zero-order valence-electron chi connectivity index (χ0n) is 16.3. The number of amides is 1. The Kier molecular flexibility index (Phi) is 7.66. The molecule has 7 nitrogen and oxygen atoms in total. The first kappa shape index (κ1) is 23.5. The molecule has 28 heavy (non-hydrogen) atoms. The summed E-state index contributed by atoms with van der Waals surface area (Å²) in [5, 5.41) is 6.21. The van der Waals surface area contributed by atoms with Gasteiger partial charge in [-0.15, -0.1) is 24.8 Å². The van der Waals surface area contributed by atoms with Crippen molar-refractivity contribution in [1.82, 2.24) is 14.8 Å². The molecule has 3 rings (SSSR count). The quantitative estimate of drug-likeness (QED) is 0.557. The molecule has 2 heterocycles. The number of nitrogens with two attached hydrogens (primary N) is 1. The molecule has 0 saturated heterocycles. The number of halogens is 2. The van der Waals surface area contributed by atoms with Crippen LogP contribution in [0.4, 0.5) is 11.4 Å². The summed E-state index contributed by atoms with van der Waals surface area (Å²) in [7, 11) is 1.76. The molecule has 0 aliphatic heterocycles. The number of anilines is 2. The van der Waals surface area contributed by atoms with Gasteiger partial charge in [-0.25, -0.2) is 4.98 Å². The molecule has 9 heteroatoms. The Morgan fingerprint density at radius 1 is 1.25 bits per heavy atom. The average Bonchev–Trinajstić information content (AvgIpc) is 2.84. The number of H-pyrrole nitrogens is 1. The molecular weight excluding hydrogens is 401 g/mol. The van der Waals surface area contributed by atoms with Gasteiger partial charge in [0.2, 0.25) is 5.91 Å². The predicted octanol–water partition coefficient (Wildman–Crippen LogP) is 3.18. The minimum absolute atomic E-state index is 0. The molecule has 0 bridgehead atoms. The van der Waals surface area contributed by atoms with E-state index in [1.54, 1.807) is 23.9 Å². The predicted molar refractivity (Wildman–Crippen MR) is 118 cm³/mol. The van der Waals surface area contributed by atoms with E-state index in [0.717, 1.165) is 28.1 Å². The topological polar surface area (TPSA) is 106 Å². The third kappa shape index (κ3) is 4.48. The van der Waals surface area contributed by atoms with Crippen LogP contribution in [0.15, 0.2) is 23.0 Å². The van der Waals surface area contributed by atoms with Gasteiger partial charge in [-0.2, -0.15) is 0 Å². The molecule has 2 aromatic heterocycles. The Labute approximate surface area is 175 Å². The van der Waals surface area contributed by atoms with Crippen LogP contribution in [-0.4, -0.2) is 20.7 Å². The molecule has 0 radical (unpaired) electrons. The van der Waals surface area contributed by atoms with E-state index in [9.17, 15) is 9.59 Å². The minimum Gasteiger partial charge on any atom is -0.399 e. The van der Waals surface area contributed by atoms with Crippen molar-refractivity contribution in [1.29, 1.82) is 0 Å². The number of nitrogen functional groups attached to an aromatic ring is 1. The summed E-state index contributed by atoms with van der Waals surface area (Å²) in [6.07, 6.45) is 0.815. The third-order valence-corrected chi connectivity index (χ3v) is 4.71. The molecule has 0 aliphatic rings. The Morgan fingerprint density at radius 3 is 2.61 bits per heavy atom. The van der Waals surface area contributed by atoms with Crippen molar-refractivity contribution in [2.45, 2.75) is 33.6 Å². The number of hydrogen-bond donors (Lipinski definition) is 3. The Bertz CT molecular complexity index is 1070. The summed E-state index contributed by atoms with van der Waals surface area (Å²) in [5.41, 5.74) is 11.2. The van der Waals surface area contributed by atoms with E-state index in [1.807, 2.05) is 26.8 Å². The molecule has 0 spiro atoms. The van der Waals surface area contributed by atoms with Crippen molar-refractivity contribution in [2.24, 2.45) is 7.05 Å². The number of nitrogens with one attached hydrogen (secondary N) is 2. The lowest BCUT2D eigenvalue weighted by molar-refractivity contribution is -0.116. The highest BCUT2D eigenvalue weighted by Crippen LogP contribution is 2.22. The second-order valence-corrected chi connectivity index (χ2v) is 6.62. The van der Waals surface area contributed by atoms with Crippen molar-refractivity contribution in [2.75, 3.05) is 11.1 Å². The van der Waals surface area contributed by atoms with E-state index >= 15 is 0 Å². The van der Waals surface area contributed by atoms with Gasteiger partial charge in [0.05, 0.1) is 5.39 Å². The fourth-order valence-corrected chi connectivity index (χ4v) is 3.24. The SMILES string of the molecule is Cc1ccc(N)cc1NC(=O)CCc1c(C)nc2c(c1C)c(=O)[nH]n2C.Cl.Cl. The summed E-state index contributed by atoms with van der Waals surface area (Å²) < 4.78 is 1.62. The van der Waals surface area contributed by atoms with Crippen LogP contribution in [0.2, 0.25) is 0 Å². The van der Waals surface area contributed by atoms with Gasteiger partial charge in [-0.05, 0) is 56.0 Å². The molecule has 0 atom stereocenters. The van der Waals surface area contributed by atoms with Gasteiger partial charge in [0, 0.05) is 30.5 Å². The zero-order valence-corrected chi connectivity index (χ0v) is 17.9. The number of aryl methyl sites for hydroxylation is 4. The normalized spacial score (nSPS) is 10.3. The Morgan fingerprint density at radius 2 is 1.93 bits per heavy atom. The lowest BCUT2D eigenvalue weighted by atomic mass is 10.00. The highest BCUT2D eigenvalue weighted by molar-refractivity contribution is 5.92. The van der Waals surface area contributed by atoms with Gasteiger partial charge in [-0.3, -0.25) is 19.4 Å². The molecule has 3 aromatic rings. The molecule has 0 fully saturated rings. The first-order valence-corrected chi connectivity index (χ1v) is 8.48. The number of aromatic nitrogens is 3. The number of fused-ring (bicyclic) bond motifs is 1. The molecule has 0 saturated carbocycles. The van der Waals surface area contributed by atoms with Crippen LogP contribution < -0.4 is 16.6 Å². The maximum Gasteiger partial charge on any atom is 0.273 e. The molecular formula is C19H25Cl2N5O2. The van der Waals surface area contributed by atoms with Crippen LogP contribution in [0.1, 0.15) is 28.8 Å². The second kappa shape index (κ2) is 9.12. The number of hydrogen-bond acceptors (Lipinski definition) is 4. The van der Waals surface area contributed by atoms with E-state index < -0.39 is 0 Å². The van der Waals surface area contributed by atoms with E-state index in [1.165, 1.54) is 0 Å². The smallest absolute Gasteiger partial charge is 0.273 e. The molecule has 4 N–H and O–H groups in total. The average molecular weight is 426 g/mol. The molecule has 0 unspecified atom stereocenters. The summed E-state index contributed by atoms with van der Waals surface area (Å²) in [6, 6.07) is 5.43. The fraction of sp³-hybridized carbons (Fsp3) is 0.316. The van der Waals surface area contributed by atoms with Crippen molar-refractivity contribution in [3.63, 3.8) is 0 Å². The van der Waals surface area contributed by atoms with Crippen molar-refractivity contribution < 1.29 is 4.79 Å². The standard InChI is InChI=1S/C19H23N5O2.2ClH/c1-10-5-6-13(20)9-15(10)22-16(25)8-7-14-11(2)17-18(21-12(14)3)24(4)23-19(17)26;;/h5-6,9H,7-8,20H2,1-4H3,(H,22,25)(H,23,26);2*1H. The Hall–Kier alpha value is -2.51. The maximum atomic E-state index is 12.4. The number of nitrogens with zero attached hydrogens (tertiary/aromatic N) is 2. The number of rotatable bonds is 4. The fourth-order valence-electron chi connectivity index (χ4n) is 3.24. The number of carbonyl (C=O) groups is 1. The second-order valence-electron chi connectivity index (χ2n) is 6.62. The van der Waals surface area contributed by atoms with Crippen LogP contribution >= 0.6 is 24.8 Å². The highest BCUT2D eigenvalue weighted by Gasteiger charge is 2.16. The van der Waals surface area contributed by atoms with Crippen molar-refractivity contribution in [3.8, 4) is 0 Å². The number of benzene rings is 1. The van der Waals surface area contributed by atoms with Gasteiger partial charge in [0.1, 0.15) is 0 Å². The van der Waals surface area contributed by atoms with E-state index in [-0.39, 0.29) is 36.3 Å². The van der Waals surface area contributed by atoms with Crippen LogP contribution in [0.3, 0.4) is 0 Å². The molecule has 1 aromatic carbocycles. The maximum absolute atomic E-state index is 12.4. The summed E-state index contributed by atoms with van der Waals surface area (Å²) in [4.78, 5) is 29.0. The Balaban J connectivity index is 0.00000196. The highest BCUT2D eigenvalue weighted by atomic mass is 35.5. The van der Waals surface area contributed by atoms with Gasteiger partial charge in [-0.1, -0.05) is 6.07 Å². The van der Waals surface area contributed by atoms with Crippen molar-refractivity contribution >= 4 is 53.1 Å². The van der Waals surface area contributed by atoms with Crippen LogP contribution in [0, 0.1) is 20.8 Å². The van der Waals surface area contributed by atoms with Gasteiger partial charge in [0.25, 0.3) is 5.56 Å². The number of pyridine rings is 1. The lowest BCUT2D eigenvalue weighted by Gasteiger charge is -2.12. The zero-order chi connectivity index (χ0) is 19.0. The molecule has 152 valence electrons. The third-order valence-electron chi connectivity index (χ3n) is 4.71. The largest absolute Gasteiger partial charge is 0.399 e. The number of aromatic amines is 1. The van der Waals surface area contributed by atoms with Crippen LogP contribution in [-0.2, 0) is 18.3 Å². The van der Waals surface area contributed by atoms with Gasteiger partial charge in [0.15, 0.2) is 5.65 Å². The monoisotopic (exact) mass is 425 g/mol. The van der Waals surface area contributed by atoms with Gasteiger partial charge < -0.3 is 11.1 Å². The van der Waals surface area contributed by atoms with Crippen LogP contribution in [0.5, 0.6) is 0 Å². The first-order chi connectivity index (χ1) is 12.3. The van der Waals surface area contributed by atoms with Gasteiger partial charge >= 0.3 is 0 Å². The minimum atomic E-state index is -0.159. The summed E-state index contributed by atoms with van der Waals surface area (Å²) in [6.45, 7) is 5.73. The van der Waals surface area contributed by atoms with Crippen molar-refractivity contribution in [3.05, 3.63) is 50.9 Å². The first-order valence-electron chi connectivity index (χ1n) is 8.48. The van der Waals surface area contributed by atoms with E-state index in [4.69, 9.17) is 5.73 Å². The van der Waals surface area contributed by atoms with E-state index in [0.29, 0.717) is 29.6 Å². The summed E-state index contributed by atoms with van der Waals surface area (Å²) in [5.74, 6) is -0.0976. The number of carbonyl (C=O) groups excluding carboxylic acids is 1. The van der Waals surface area contributed by atoms with Crippen LogP contribution in [0.25, 0.3) is 11.0 Å².